The number of carbonyl (C=O) groups excluding carboxylic acids is 1. The standard InChI is InChI=1S/C16H15F3N4O3/c17-16(18,19)26-13-3-1-11(2-4-13)14(24)22-12-9-20-15(21-10-12)23-5-7-25-8-6-23/h1-4,9-10H,5-8H2,(H,22,24). The molecule has 138 valence electrons. The number of benzene rings is 1. The molecule has 1 aromatic carbocycles. The van der Waals surface area contributed by atoms with E-state index < -0.39 is 18.0 Å². The number of nitrogens with one attached hydrogen (secondary N) is 1. The summed E-state index contributed by atoms with van der Waals surface area (Å²) in [6, 6.07) is 4.61. The Labute approximate surface area is 146 Å². The number of halogens is 3. The van der Waals surface area contributed by atoms with Crippen molar-refractivity contribution in [2.24, 2.45) is 0 Å². The highest BCUT2D eigenvalue weighted by Gasteiger charge is 2.31. The van der Waals surface area contributed by atoms with E-state index in [0.717, 1.165) is 12.1 Å². The van der Waals surface area contributed by atoms with Crippen molar-refractivity contribution in [3.05, 3.63) is 42.2 Å². The minimum absolute atomic E-state index is 0.178. The van der Waals surface area contributed by atoms with Crippen LogP contribution in [0.2, 0.25) is 0 Å². The maximum Gasteiger partial charge on any atom is 0.573 e. The first-order chi connectivity index (χ1) is 12.4. The molecule has 2 heterocycles. The molecule has 0 aliphatic carbocycles. The smallest absolute Gasteiger partial charge is 0.406 e. The molecule has 1 aliphatic rings. The predicted octanol–water partition coefficient (Wildman–Crippen LogP) is 2.46. The average Bonchev–Trinajstić information content (AvgIpc) is 2.62. The SMILES string of the molecule is O=C(Nc1cnc(N2CCOCC2)nc1)c1ccc(OC(F)(F)F)cc1. The van der Waals surface area contributed by atoms with Crippen molar-refractivity contribution in [1.82, 2.24) is 9.97 Å². The lowest BCUT2D eigenvalue weighted by molar-refractivity contribution is -0.274. The summed E-state index contributed by atoms with van der Waals surface area (Å²) < 4.78 is 45.4. The summed E-state index contributed by atoms with van der Waals surface area (Å²) in [6.45, 7) is 2.60. The van der Waals surface area contributed by atoms with Gasteiger partial charge in [-0.15, -0.1) is 13.2 Å². The molecule has 1 saturated heterocycles. The van der Waals surface area contributed by atoms with Crippen LogP contribution in [0.1, 0.15) is 10.4 Å². The molecule has 0 radical (unpaired) electrons. The number of hydrogen-bond acceptors (Lipinski definition) is 6. The number of anilines is 2. The maximum absolute atomic E-state index is 12.1. The summed E-state index contributed by atoms with van der Waals surface area (Å²) in [4.78, 5) is 22.5. The predicted molar refractivity (Wildman–Crippen MR) is 86.1 cm³/mol. The highest BCUT2D eigenvalue weighted by Crippen LogP contribution is 2.23. The molecule has 3 rings (SSSR count). The lowest BCUT2D eigenvalue weighted by Crippen LogP contribution is -2.37. The summed E-state index contributed by atoms with van der Waals surface area (Å²) >= 11 is 0. The fourth-order valence-corrected chi connectivity index (χ4v) is 2.32. The Morgan fingerprint density at radius 1 is 1.12 bits per heavy atom. The van der Waals surface area contributed by atoms with Gasteiger partial charge in [-0.3, -0.25) is 4.79 Å². The van der Waals surface area contributed by atoms with Crippen LogP contribution in [0.15, 0.2) is 36.7 Å². The minimum Gasteiger partial charge on any atom is -0.406 e. The third-order valence-corrected chi connectivity index (χ3v) is 3.54. The molecule has 2 aromatic rings. The fourth-order valence-electron chi connectivity index (χ4n) is 2.32. The third kappa shape index (κ3) is 4.82. The van der Waals surface area contributed by atoms with Crippen LogP contribution in [0.3, 0.4) is 0 Å². The second-order valence-electron chi connectivity index (χ2n) is 5.40. The summed E-state index contributed by atoms with van der Waals surface area (Å²) in [5.74, 6) is -0.349. The highest BCUT2D eigenvalue weighted by molar-refractivity contribution is 6.04. The highest BCUT2D eigenvalue weighted by atomic mass is 19.4. The van der Waals surface area contributed by atoms with Gasteiger partial charge in [-0.2, -0.15) is 0 Å². The van der Waals surface area contributed by atoms with Crippen molar-refractivity contribution in [2.45, 2.75) is 6.36 Å². The second-order valence-corrected chi connectivity index (χ2v) is 5.40. The van der Waals surface area contributed by atoms with E-state index in [1.54, 1.807) is 0 Å². The number of amides is 1. The number of aromatic nitrogens is 2. The van der Waals surface area contributed by atoms with Gasteiger partial charge in [0.05, 0.1) is 31.3 Å². The van der Waals surface area contributed by atoms with Crippen LogP contribution >= 0.6 is 0 Å². The Bertz CT molecular complexity index is 745. The van der Waals surface area contributed by atoms with Crippen LogP contribution in [0, 0.1) is 0 Å². The van der Waals surface area contributed by atoms with Crippen molar-refractivity contribution in [1.29, 1.82) is 0 Å². The number of nitrogens with zero attached hydrogens (tertiary/aromatic N) is 3. The van der Waals surface area contributed by atoms with Gasteiger partial charge in [-0.05, 0) is 24.3 Å². The summed E-state index contributed by atoms with van der Waals surface area (Å²) in [5.41, 5.74) is 0.555. The van der Waals surface area contributed by atoms with E-state index >= 15 is 0 Å². The quantitative estimate of drug-likeness (QED) is 0.894. The molecule has 1 aliphatic heterocycles. The van der Waals surface area contributed by atoms with Crippen molar-refractivity contribution in [3.63, 3.8) is 0 Å². The molecule has 0 spiro atoms. The average molecular weight is 368 g/mol. The fraction of sp³-hybridized carbons (Fsp3) is 0.312. The van der Waals surface area contributed by atoms with Crippen LogP contribution in [0.4, 0.5) is 24.8 Å². The molecule has 0 bridgehead atoms. The van der Waals surface area contributed by atoms with Crippen LogP contribution in [-0.4, -0.2) is 48.5 Å². The summed E-state index contributed by atoms with van der Waals surface area (Å²) in [7, 11) is 0. The van der Waals surface area contributed by atoms with Gasteiger partial charge in [0.1, 0.15) is 5.75 Å². The molecule has 10 heteroatoms. The number of ether oxygens (including phenoxy) is 2. The third-order valence-electron chi connectivity index (χ3n) is 3.54. The Morgan fingerprint density at radius 3 is 2.31 bits per heavy atom. The molecule has 1 aromatic heterocycles. The second kappa shape index (κ2) is 7.56. The van der Waals surface area contributed by atoms with E-state index in [1.165, 1.54) is 24.5 Å². The minimum atomic E-state index is -4.77. The number of alkyl halides is 3. The van der Waals surface area contributed by atoms with Crippen molar-refractivity contribution >= 4 is 17.5 Å². The van der Waals surface area contributed by atoms with Gasteiger partial charge >= 0.3 is 6.36 Å². The van der Waals surface area contributed by atoms with Gasteiger partial charge in [-0.25, -0.2) is 9.97 Å². The zero-order valence-electron chi connectivity index (χ0n) is 13.5. The molecular formula is C16H15F3N4O3. The largest absolute Gasteiger partial charge is 0.573 e. The molecule has 7 nitrogen and oxygen atoms in total. The summed E-state index contributed by atoms with van der Waals surface area (Å²) in [6.07, 6.45) is -1.84. The zero-order chi connectivity index (χ0) is 18.6. The van der Waals surface area contributed by atoms with Crippen molar-refractivity contribution in [3.8, 4) is 5.75 Å². The molecule has 0 unspecified atom stereocenters. The monoisotopic (exact) mass is 368 g/mol. The van der Waals surface area contributed by atoms with Crippen LogP contribution < -0.4 is 15.0 Å². The lowest BCUT2D eigenvalue weighted by Gasteiger charge is -2.26. The van der Waals surface area contributed by atoms with Gasteiger partial charge in [0.2, 0.25) is 5.95 Å². The van der Waals surface area contributed by atoms with Gasteiger partial charge < -0.3 is 19.7 Å². The van der Waals surface area contributed by atoms with E-state index in [0.29, 0.717) is 37.9 Å². The van der Waals surface area contributed by atoms with E-state index in [-0.39, 0.29) is 5.56 Å². The van der Waals surface area contributed by atoms with Crippen LogP contribution in [-0.2, 0) is 4.74 Å². The molecule has 1 fully saturated rings. The summed E-state index contributed by atoms with van der Waals surface area (Å²) in [5, 5.41) is 2.59. The van der Waals surface area contributed by atoms with E-state index in [2.05, 4.69) is 20.0 Å². The van der Waals surface area contributed by atoms with Gasteiger partial charge in [0.25, 0.3) is 5.91 Å². The first kappa shape index (κ1) is 17.9. The number of morpholine rings is 1. The van der Waals surface area contributed by atoms with Crippen LogP contribution in [0.25, 0.3) is 0 Å². The van der Waals surface area contributed by atoms with Crippen LogP contribution in [0.5, 0.6) is 5.75 Å². The Morgan fingerprint density at radius 2 is 1.73 bits per heavy atom. The normalized spacial score (nSPS) is 14.8. The van der Waals surface area contributed by atoms with E-state index in [9.17, 15) is 18.0 Å². The maximum atomic E-state index is 12.1. The Kier molecular flexibility index (Phi) is 5.21. The van der Waals surface area contributed by atoms with E-state index in [4.69, 9.17) is 4.74 Å². The molecule has 1 N–H and O–H groups in total. The topological polar surface area (TPSA) is 76.6 Å². The first-order valence-electron chi connectivity index (χ1n) is 7.73. The number of rotatable bonds is 4. The van der Waals surface area contributed by atoms with Gasteiger partial charge in [-0.1, -0.05) is 0 Å². The number of carbonyl (C=O) groups is 1. The van der Waals surface area contributed by atoms with Gasteiger partial charge in [0, 0.05) is 18.7 Å². The lowest BCUT2D eigenvalue weighted by atomic mass is 10.2. The molecule has 0 atom stereocenters. The molecule has 26 heavy (non-hydrogen) atoms. The first-order valence-corrected chi connectivity index (χ1v) is 7.73. The Balaban J connectivity index is 1.60. The Hall–Kier alpha value is -2.88. The van der Waals surface area contributed by atoms with Crippen molar-refractivity contribution < 1.29 is 27.4 Å². The zero-order valence-corrected chi connectivity index (χ0v) is 13.5. The number of hydrogen-bond donors (Lipinski definition) is 1. The molecule has 0 saturated carbocycles. The van der Waals surface area contributed by atoms with E-state index in [1.807, 2.05) is 4.90 Å². The molecule has 1 amide bonds. The molecular weight excluding hydrogens is 353 g/mol. The van der Waals surface area contributed by atoms with Gasteiger partial charge in [0.15, 0.2) is 0 Å². The van der Waals surface area contributed by atoms with Crippen molar-refractivity contribution in [2.75, 3.05) is 36.5 Å².